The van der Waals surface area contributed by atoms with Crippen LogP contribution in [-0.2, 0) is 16.1 Å². The summed E-state index contributed by atoms with van der Waals surface area (Å²) in [6.07, 6.45) is 0. The number of ether oxygens (including phenoxy) is 1. The molecule has 0 spiro atoms. The molecule has 1 saturated heterocycles. The summed E-state index contributed by atoms with van der Waals surface area (Å²) in [5.74, 6) is -0.0794. The summed E-state index contributed by atoms with van der Waals surface area (Å²) in [5.41, 5.74) is 4.64. The Morgan fingerprint density at radius 2 is 1.80 bits per heavy atom. The third-order valence-electron chi connectivity index (χ3n) is 4.98. The monoisotopic (exact) mass is 335 g/mol. The highest BCUT2D eigenvalue weighted by molar-refractivity contribution is 5.74. The maximum absolute atomic E-state index is 12.3. The second-order valence-corrected chi connectivity index (χ2v) is 6.82. The average Bonchev–Trinajstić information content (AvgIpc) is 3.05. The quantitative estimate of drug-likeness (QED) is 0.770. The average molecular weight is 335 g/mol. The van der Waals surface area contributed by atoms with Gasteiger partial charge in [0, 0.05) is 25.6 Å². The molecule has 25 heavy (non-hydrogen) atoms. The van der Waals surface area contributed by atoms with Crippen LogP contribution >= 0.6 is 0 Å². The van der Waals surface area contributed by atoms with Crippen molar-refractivity contribution in [2.24, 2.45) is 5.92 Å². The molecule has 0 aromatic heterocycles. The van der Waals surface area contributed by atoms with Crippen LogP contribution in [0.15, 0.2) is 61.2 Å². The van der Waals surface area contributed by atoms with Gasteiger partial charge < -0.3 is 4.74 Å². The number of methoxy groups -OCH3 is 1. The molecule has 0 saturated carbocycles. The van der Waals surface area contributed by atoms with Gasteiger partial charge in [-0.2, -0.15) is 0 Å². The van der Waals surface area contributed by atoms with Gasteiger partial charge in [-0.1, -0.05) is 66.7 Å². The topological polar surface area (TPSA) is 29.5 Å². The summed E-state index contributed by atoms with van der Waals surface area (Å²) in [6, 6.07) is 18.8. The van der Waals surface area contributed by atoms with E-state index in [0.717, 1.165) is 30.8 Å². The molecule has 2 aromatic rings. The van der Waals surface area contributed by atoms with Crippen molar-refractivity contribution in [1.29, 1.82) is 0 Å². The molecule has 1 aliphatic heterocycles. The molecule has 3 heteroatoms. The first-order valence-corrected chi connectivity index (χ1v) is 8.68. The molecule has 0 bridgehead atoms. The van der Waals surface area contributed by atoms with Crippen molar-refractivity contribution in [3.8, 4) is 0 Å². The highest BCUT2D eigenvalue weighted by atomic mass is 16.5. The van der Waals surface area contributed by atoms with Crippen LogP contribution < -0.4 is 0 Å². The Balaban J connectivity index is 1.80. The molecule has 0 N–H and O–H groups in total. The van der Waals surface area contributed by atoms with Gasteiger partial charge in [-0.15, -0.1) is 0 Å². The third-order valence-corrected chi connectivity index (χ3v) is 4.98. The molecule has 130 valence electrons. The van der Waals surface area contributed by atoms with Crippen LogP contribution in [-0.4, -0.2) is 31.1 Å². The van der Waals surface area contributed by atoms with E-state index in [1.165, 1.54) is 18.2 Å². The number of likely N-dealkylation sites (tertiary alicyclic amines) is 1. The fraction of sp³-hybridized carbons (Fsp3) is 0.318. The highest BCUT2D eigenvalue weighted by Crippen LogP contribution is 2.34. The van der Waals surface area contributed by atoms with E-state index in [1.807, 2.05) is 13.0 Å². The lowest BCUT2D eigenvalue weighted by molar-refractivity contribution is -0.145. The van der Waals surface area contributed by atoms with Crippen LogP contribution in [0.2, 0.25) is 0 Å². The van der Waals surface area contributed by atoms with E-state index in [-0.39, 0.29) is 17.8 Å². The first kappa shape index (κ1) is 17.4. The third kappa shape index (κ3) is 3.99. The molecule has 2 atom stereocenters. The van der Waals surface area contributed by atoms with Gasteiger partial charge in [-0.3, -0.25) is 9.69 Å². The minimum atomic E-state index is -0.121. The van der Waals surface area contributed by atoms with Gasteiger partial charge in [-0.25, -0.2) is 0 Å². The largest absolute Gasteiger partial charge is 0.469 e. The number of esters is 1. The summed E-state index contributed by atoms with van der Waals surface area (Å²) in [6.45, 7) is 8.44. The normalized spacial score (nSPS) is 20.4. The Bertz CT molecular complexity index is 736. The van der Waals surface area contributed by atoms with Crippen LogP contribution in [0.3, 0.4) is 0 Å². The lowest BCUT2D eigenvalue weighted by Gasteiger charge is -2.17. The van der Waals surface area contributed by atoms with Gasteiger partial charge in [0.15, 0.2) is 0 Å². The lowest BCUT2D eigenvalue weighted by atomic mass is 9.88. The number of hydrogen-bond donors (Lipinski definition) is 0. The van der Waals surface area contributed by atoms with Crippen LogP contribution in [0, 0.1) is 5.92 Å². The van der Waals surface area contributed by atoms with E-state index in [4.69, 9.17) is 4.74 Å². The van der Waals surface area contributed by atoms with Gasteiger partial charge in [0.1, 0.15) is 0 Å². The van der Waals surface area contributed by atoms with Gasteiger partial charge in [0.05, 0.1) is 13.0 Å². The molecule has 0 aliphatic carbocycles. The van der Waals surface area contributed by atoms with E-state index in [1.54, 1.807) is 0 Å². The summed E-state index contributed by atoms with van der Waals surface area (Å²) in [7, 11) is 1.48. The van der Waals surface area contributed by atoms with Crippen molar-refractivity contribution in [2.45, 2.75) is 19.4 Å². The zero-order valence-electron chi connectivity index (χ0n) is 14.9. The van der Waals surface area contributed by atoms with Gasteiger partial charge >= 0.3 is 5.97 Å². The van der Waals surface area contributed by atoms with Crippen molar-refractivity contribution in [3.05, 3.63) is 77.9 Å². The fourth-order valence-corrected chi connectivity index (χ4v) is 3.60. The first-order chi connectivity index (χ1) is 12.1. The minimum absolute atomic E-state index is 0.121. The number of benzene rings is 2. The van der Waals surface area contributed by atoms with Crippen molar-refractivity contribution in [1.82, 2.24) is 4.90 Å². The first-order valence-electron chi connectivity index (χ1n) is 8.68. The second kappa shape index (κ2) is 7.66. The Morgan fingerprint density at radius 3 is 2.40 bits per heavy atom. The zero-order chi connectivity index (χ0) is 17.8. The summed E-state index contributed by atoms with van der Waals surface area (Å²) >= 11 is 0. The predicted octanol–water partition coefficient (Wildman–Crippen LogP) is 4.11. The molecule has 0 unspecified atom stereocenters. The van der Waals surface area contributed by atoms with Gasteiger partial charge in [0.25, 0.3) is 0 Å². The Labute approximate surface area is 149 Å². The summed E-state index contributed by atoms with van der Waals surface area (Å²) in [4.78, 5) is 14.6. The standard InChI is InChI=1S/C22H25NO2/c1-16(2)18-9-11-19(12-10-18)20-14-23(15-21(20)22(24)25-3)13-17-7-5-4-6-8-17/h4-12,20-21H,1,13-15H2,2-3H3/t20-,21+/m1/s1. The highest BCUT2D eigenvalue weighted by Gasteiger charge is 2.39. The van der Waals surface area contributed by atoms with E-state index in [2.05, 4.69) is 60.0 Å². The van der Waals surface area contributed by atoms with E-state index in [9.17, 15) is 4.79 Å². The van der Waals surface area contributed by atoms with E-state index in [0.29, 0.717) is 0 Å². The Hall–Kier alpha value is -2.39. The van der Waals surface area contributed by atoms with E-state index < -0.39 is 0 Å². The Kier molecular flexibility index (Phi) is 5.34. The molecule has 3 rings (SSSR count). The number of hydrogen-bond acceptors (Lipinski definition) is 3. The lowest BCUT2D eigenvalue weighted by Crippen LogP contribution is -2.24. The summed E-state index contributed by atoms with van der Waals surface area (Å²) < 4.78 is 5.07. The Morgan fingerprint density at radius 1 is 1.12 bits per heavy atom. The molecule has 0 amide bonds. The van der Waals surface area contributed by atoms with E-state index >= 15 is 0 Å². The van der Waals surface area contributed by atoms with Crippen LogP contribution in [0.5, 0.6) is 0 Å². The zero-order valence-corrected chi connectivity index (χ0v) is 14.9. The van der Waals surface area contributed by atoms with Crippen molar-refractivity contribution >= 4 is 11.5 Å². The number of carbonyl (C=O) groups is 1. The maximum Gasteiger partial charge on any atom is 0.310 e. The van der Waals surface area contributed by atoms with Gasteiger partial charge in [-0.05, 0) is 23.6 Å². The number of rotatable bonds is 5. The van der Waals surface area contributed by atoms with Crippen LogP contribution in [0.25, 0.3) is 5.57 Å². The number of nitrogens with zero attached hydrogens (tertiary/aromatic N) is 1. The van der Waals surface area contributed by atoms with Crippen LogP contribution in [0.4, 0.5) is 0 Å². The second-order valence-electron chi connectivity index (χ2n) is 6.82. The molecule has 1 heterocycles. The molecule has 3 nitrogen and oxygen atoms in total. The molecule has 1 fully saturated rings. The van der Waals surface area contributed by atoms with Crippen molar-refractivity contribution in [3.63, 3.8) is 0 Å². The number of carbonyl (C=O) groups excluding carboxylic acids is 1. The number of allylic oxidation sites excluding steroid dienone is 1. The molecule has 1 aliphatic rings. The predicted molar refractivity (Wildman–Crippen MR) is 101 cm³/mol. The van der Waals surface area contributed by atoms with Crippen LogP contribution in [0.1, 0.15) is 29.5 Å². The molecule has 0 radical (unpaired) electrons. The summed E-state index contributed by atoms with van der Waals surface area (Å²) in [5, 5.41) is 0. The molecular formula is C22H25NO2. The van der Waals surface area contributed by atoms with Gasteiger partial charge in [0.2, 0.25) is 0 Å². The molecule has 2 aromatic carbocycles. The van der Waals surface area contributed by atoms with Crippen molar-refractivity contribution in [2.75, 3.05) is 20.2 Å². The maximum atomic E-state index is 12.3. The SMILES string of the molecule is C=C(C)c1ccc([C@H]2CN(Cc3ccccc3)C[C@@H]2C(=O)OC)cc1. The minimum Gasteiger partial charge on any atom is -0.469 e. The molecular weight excluding hydrogens is 310 g/mol. The smallest absolute Gasteiger partial charge is 0.310 e. The fourth-order valence-electron chi connectivity index (χ4n) is 3.60. The van der Waals surface area contributed by atoms with Crippen molar-refractivity contribution < 1.29 is 9.53 Å².